The van der Waals surface area contributed by atoms with Gasteiger partial charge in [0.05, 0.1) is 12.2 Å². The number of hydrogen-bond acceptors (Lipinski definition) is 2. The molecule has 1 heterocycles. The largest absolute Gasteiger partial charge is 0.326 e. The molecule has 1 N–H and O–H groups in total. The summed E-state index contributed by atoms with van der Waals surface area (Å²) in [6, 6.07) is 0.0552. The van der Waals surface area contributed by atoms with Crippen LogP contribution in [0.5, 0.6) is 0 Å². The lowest BCUT2D eigenvalue weighted by Gasteiger charge is -2.29. The van der Waals surface area contributed by atoms with Gasteiger partial charge in [-0.05, 0) is 43.4 Å². The molecular weight excluding hydrogens is 260 g/mol. The quantitative estimate of drug-likeness (QED) is 0.775. The van der Waals surface area contributed by atoms with E-state index in [2.05, 4.69) is 37.9 Å². The maximum absolute atomic E-state index is 12.8. The van der Waals surface area contributed by atoms with Crippen LogP contribution in [0, 0.1) is 17.8 Å². The minimum absolute atomic E-state index is 0.0552. The van der Waals surface area contributed by atoms with Gasteiger partial charge in [-0.25, -0.2) is 0 Å². The van der Waals surface area contributed by atoms with Gasteiger partial charge in [-0.1, -0.05) is 47.0 Å². The Hall–Kier alpha value is -0.570. The van der Waals surface area contributed by atoms with Crippen molar-refractivity contribution in [2.45, 2.75) is 84.8 Å². The van der Waals surface area contributed by atoms with Gasteiger partial charge in [0.25, 0.3) is 0 Å². The molecule has 0 radical (unpaired) electrons. The maximum atomic E-state index is 12.8. The molecule has 3 atom stereocenters. The Morgan fingerprint density at radius 2 is 1.90 bits per heavy atom. The molecule has 0 bridgehead atoms. The molecule has 1 amide bonds. The van der Waals surface area contributed by atoms with E-state index in [1.807, 2.05) is 0 Å². The van der Waals surface area contributed by atoms with Crippen LogP contribution in [-0.4, -0.2) is 29.6 Å². The highest BCUT2D eigenvalue weighted by molar-refractivity contribution is 5.84. The van der Waals surface area contributed by atoms with E-state index < -0.39 is 0 Å². The summed E-state index contributed by atoms with van der Waals surface area (Å²) in [6.07, 6.45) is 9.00. The number of nitrogens with one attached hydrogen (secondary N) is 1. The van der Waals surface area contributed by atoms with E-state index in [-0.39, 0.29) is 6.04 Å². The molecule has 0 aromatic carbocycles. The van der Waals surface area contributed by atoms with E-state index in [1.165, 1.54) is 32.1 Å². The molecule has 2 fully saturated rings. The Morgan fingerprint density at radius 3 is 2.48 bits per heavy atom. The molecule has 3 nitrogen and oxygen atoms in total. The Morgan fingerprint density at radius 1 is 1.24 bits per heavy atom. The van der Waals surface area contributed by atoms with Crippen molar-refractivity contribution in [2.24, 2.45) is 17.8 Å². The van der Waals surface area contributed by atoms with E-state index in [1.54, 1.807) is 0 Å². The summed E-state index contributed by atoms with van der Waals surface area (Å²) in [7, 11) is 0. The van der Waals surface area contributed by atoms with Crippen LogP contribution < -0.4 is 5.32 Å². The van der Waals surface area contributed by atoms with E-state index in [0.717, 1.165) is 25.3 Å². The molecule has 2 aliphatic rings. The Balaban J connectivity index is 2.02. The van der Waals surface area contributed by atoms with Crippen LogP contribution in [0.25, 0.3) is 0 Å². The fourth-order valence-corrected chi connectivity index (χ4v) is 3.89. The zero-order valence-electron chi connectivity index (χ0n) is 14.4. The van der Waals surface area contributed by atoms with E-state index >= 15 is 0 Å². The number of carbonyl (C=O) groups excluding carboxylic acids is 1. The molecule has 3 unspecified atom stereocenters. The van der Waals surface area contributed by atoms with Gasteiger partial charge in [-0.2, -0.15) is 0 Å². The van der Waals surface area contributed by atoms with Crippen LogP contribution in [0.15, 0.2) is 0 Å². The molecule has 1 saturated carbocycles. The van der Waals surface area contributed by atoms with Crippen molar-refractivity contribution in [1.29, 1.82) is 0 Å². The molecule has 1 aliphatic heterocycles. The van der Waals surface area contributed by atoms with Crippen LogP contribution in [0.1, 0.15) is 72.6 Å². The second-order valence-electron chi connectivity index (χ2n) is 7.59. The van der Waals surface area contributed by atoms with Crippen LogP contribution in [0.2, 0.25) is 0 Å². The molecule has 3 heteroatoms. The summed E-state index contributed by atoms with van der Waals surface area (Å²) >= 11 is 0. The monoisotopic (exact) mass is 294 g/mol. The lowest BCUT2D eigenvalue weighted by Crippen LogP contribution is -2.43. The second-order valence-corrected chi connectivity index (χ2v) is 7.59. The third-order valence-electron chi connectivity index (χ3n) is 5.48. The molecule has 0 aromatic heterocycles. The Kier molecular flexibility index (Phi) is 6.09. The first-order valence-electron chi connectivity index (χ1n) is 9.11. The van der Waals surface area contributed by atoms with Gasteiger partial charge < -0.3 is 4.90 Å². The molecule has 1 saturated heterocycles. The SMILES string of the molecule is CCC(C)C1NC(C2CCCC2)N(CCCC(C)C)C1=O. The van der Waals surface area contributed by atoms with E-state index in [0.29, 0.717) is 23.9 Å². The predicted molar refractivity (Wildman–Crippen MR) is 87.9 cm³/mol. The molecule has 1 aliphatic carbocycles. The fraction of sp³-hybridized carbons (Fsp3) is 0.944. The fourth-order valence-electron chi connectivity index (χ4n) is 3.89. The van der Waals surface area contributed by atoms with Gasteiger partial charge >= 0.3 is 0 Å². The smallest absolute Gasteiger partial charge is 0.241 e. The molecule has 122 valence electrons. The second kappa shape index (κ2) is 7.62. The Labute approximate surface area is 130 Å². The predicted octanol–water partition coefficient (Wildman–Crippen LogP) is 3.79. The van der Waals surface area contributed by atoms with Gasteiger partial charge in [-0.3, -0.25) is 10.1 Å². The van der Waals surface area contributed by atoms with Crippen LogP contribution >= 0.6 is 0 Å². The van der Waals surface area contributed by atoms with Crippen molar-refractivity contribution >= 4 is 5.91 Å². The van der Waals surface area contributed by atoms with E-state index in [4.69, 9.17) is 0 Å². The Bertz CT molecular complexity index is 336. The lowest BCUT2D eigenvalue weighted by molar-refractivity contribution is -0.131. The topological polar surface area (TPSA) is 32.3 Å². The van der Waals surface area contributed by atoms with Crippen molar-refractivity contribution in [3.8, 4) is 0 Å². The average Bonchev–Trinajstić information content (AvgIpc) is 3.07. The standard InChI is InChI=1S/C18H34N2O/c1-5-14(4)16-18(21)20(12-8-9-13(2)3)17(19-16)15-10-6-7-11-15/h13-17,19H,5-12H2,1-4H3. The lowest BCUT2D eigenvalue weighted by atomic mass is 9.99. The van der Waals surface area contributed by atoms with Crippen molar-refractivity contribution in [3.05, 3.63) is 0 Å². The summed E-state index contributed by atoms with van der Waals surface area (Å²) in [6.45, 7) is 9.86. The number of rotatable bonds is 7. The van der Waals surface area contributed by atoms with Gasteiger partial charge in [0.2, 0.25) is 5.91 Å². The zero-order chi connectivity index (χ0) is 15.4. The first-order valence-corrected chi connectivity index (χ1v) is 9.11. The third-order valence-corrected chi connectivity index (χ3v) is 5.48. The van der Waals surface area contributed by atoms with Crippen molar-refractivity contribution in [2.75, 3.05) is 6.54 Å². The number of carbonyl (C=O) groups is 1. The van der Waals surface area contributed by atoms with Gasteiger partial charge in [0.15, 0.2) is 0 Å². The molecule has 0 aromatic rings. The van der Waals surface area contributed by atoms with Crippen LogP contribution in [0.3, 0.4) is 0 Å². The normalized spacial score (nSPS) is 28.8. The van der Waals surface area contributed by atoms with Gasteiger partial charge in [0.1, 0.15) is 0 Å². The number of amides is 1. The molecule has 0 spiro atoms. The highest BCUT2D eigenvalue weighted by Gasteiger charge is 2.44. The zero-order valence-corrected chi connectivity index (χ0v) is 14.4. The van der Waals surface area contributed by atoms with Gasteiger partial charge in [-0.15, -0.1) is 0 Å². The molecular formula is C18H34N2O. The highest BCUT2D eigenvalue weighted by Crippen LogP contribution is 2.33. The molecule has 2 rings (SSSR count). The summed E-state index contributed by atoms with van der Waals surface area (Å²) in [5.41, 5.74) is 0. The van der Waals surface area contributed by atoms with Crippen molar-refractivity contribution in [1.82, 2.24) is 10.2 Å². The van der Waals surface area contributed by atoms with Crippen molar-refractivity contribution < 1.29 is 4.79 Å². The van der Waals surface area contributed by atoms with Gasteiger partial charge in [0, 0.05) is 6.54 Å². The maximum Gasteiger partial charge on any atom is 0.241 e. The number of nitrogens with zero attached hydrogens (tertiary/aromatic N) is 1. The molecule has 21 heavy (non-hydrogen) atoms. The third kappa shape index (κ3) is 4.00. The van der Waals surface area contributed by atoms with Crippen LogP contribution in [0.4, 0.5) is 0 Å². The van der Waals surface area contributed by atoms with E-state index in [9.17, 15) is 4.79 Å². The highest BCUT2D eigenvalue weighted by atomic mass is 16.2. The number of hydrogen-bond donors (Lipinski definition) is 1. The minimum Gasteiger partial charge on any atom is -0.326 e. The summed E-state index contributed by atoms with van der Waals surface area (Å²) in [4.78, 5) is 15.0. The summed E-state index contributed by atoms with van der Waals surface area (Å²) < 4.78 is 0. The van der Waals surface area contributed by atoms with Crippen molar-refractivity contribution in [3.63, 3.8) is 0 Å². The summed E-state index contributed by atoms with van der Waals surface area (Å²) in [5.74, 6) is 2.22. The average molecular weight is 294 g/mol. The first kappa shape index (κ1) is 16.8. The van der Waals surface area contributed by atoms with Crippen LogP contribution in [-0.2, 0) is 4.79 Å². The first-order chi connectivity index (χ1) is 10.0. The summed E-state index contributed by atoms with van der Waals surface area (Å²) in [5, 5.41) is 3.70. The minimum atomic E-state index is 0.0552.